The van der Waals surface area contributed by atoms with E-state index in [0.29, 0.717) is 12.8 Å². The maximum absolute atomic E-state index is 12.8. The summed E-state index contributed by atoms with van der Waals surface area (Å²) >= 11 is 5.74. The zero-order valence-electron chi connectivity index (χ0n) is 11.0. The van der Waals surface area contributed by atoms with Gasteiger partial charge in [-0.2, -0.15) is 0 Å². The van der Waals surface area contributed by atoms with E-state index in [9.17, 15) is 14.0 Å². The zero-order valence-corrected chi connectivity index (χ0v) is 11.7. The van der Waals surface area contributed by atoms with E-state index in [-0.39, 0.29) is 23.4 Å². The zero-order chi connectivity index (χ0) is 15.1. The van der Waals surface area contributed by atoms with Crippen LogP contribution in [0.25, 0.3) is 0 Å². The van der Waals surface area contributed by atoms with Crippen LogP contribution in [0.15, 0.2) is 18.2 Å². The Morgan fingerprint density at radius 1 is 1.40 bits per heavy atom. The van der Waals surface area contributed by atoms with Crippen LogP contribution < -0.4 is 10.6 Å². The summed E-state index contributed by atoms with van der Waals surface area (Å²) in [6, 6.07) is 3.16. The van der Waals surface area contributed by atoms with Gasteiger partial charge in [0.2, 0.25) is 0 Å². The van der Waals surface area contributed by atoms with Gasteiger partial charge in [0.25, 0.3) is 0 Å². The molecule has 0 saturated heterocycles. The van der Waals surface area contributed by atoms with Crippen LogP contribution in [0, 0.1) is 5.82 Å². The molecule has 110 valence electrons. The minimum absolute atomic E-state index is 0.00792. The number of benzene rings is 1. The van der Waals surface area contributed by atoms with E-state index in [1.807, 2.05) is 6.92 Å². The highest BCUT2D eigenvalue weighted by atomic mass is 35.5. The van der Waals surface area contributed by atoms with Crippen molar-refractivity contribution in [3.63, 3.8) is 0 Å². The number of hydrogen-bond acceptors (Lipinski definition) is 3. The van der Waals surface area contributed by atoms with Crippen LogP contribution in [0.1, 0.15) is 19.8 Å². The van der Waals surface area contributed by atoms with Gasteiger partial charge in [-0.3, -0.25) is 9.59 Å². The van der Waals surface area contributed by atoms with Crippen molar-refractivity contribution < 1.29 is 19.1 Å². The molecule has 1 atom stereocenters. The van der Waals surface area contributed by atoms with Crippen LogP contribution in [0.3, 0.4) is 0 Å². The molecule has 0 bridgehead atoms. The average molecular weight is 303 g/mol. The van der Waals surface area contributed by atoms with Crippen molar-refractivity contribution >= 4 is 29.1 Å². The van der Waals surface area contributed by atoms with E-state index in [0.717, 1.165) is 12.1 Å². The minimum Gasteiger partial charge on any atom is -0.396 e. The van der Waals surface area contributed by atoms with Crippen molar-refractivity contribution in [2.75, 3.05) is 11.9 Å². The lowest BCUT2D eigenvalue weighted by Crippen LogP contribution is -2.42. The minimum atomic E-state index is -0.894. The molecule has 0 saturated carbocycles. The number of halogens is 2. The summed E-state index contributed by atoms with van der Waals surface area (Å²) in [5.41, 5.74) is 0.156. The van der Waals surface area contributed by atoms with E-state index >= 15 is 0 Å². The number of carbonyl (C=O) groups excluding carboxylic acids is 2. The second-order valence-corrected chi connectivity index (χ2v) is 4.58. The van der Waals surface area contributed by atoms with Gasteiger partial charge in [0.15, 0.2) is 0 Å². The molecule has 1 rings (SSSR count). The molecular formula is C13H16ClFN2O3. The van der Waals surface area contributed by atoms with Crippen LogP contribution in [0.5, 0.6) is 0 Å². The fourth-order valence-electron chi connectivity index (χ4n) is 1.56. The molecule has 0 aliphatic rings. The summed E-state index contributed by atoms with van der Waals surface area (Å²) in [4.78, 5) is 23.3. The predicted molar refractivity (Wildman–Crippen MR) is 74.0 cm³/mol. The first kappa shape index (κ1) is 16.4. The summed E-state index contributed by atoms with van der Waals surface area (Å²) in [6.07, 6.45) is 0.962. The van der Waals surface area contributed by atoms with Crippen LogP contribution in [-0.2, 0) is 9.59 Å². The maximum Gasteiger partial charge on any atom is 0.313 e. The standard InChI is InChI=1S/C13H16ClFN2O3/c1-2-9(5-6-18)16-12(19)13(20)17-11-4-3-8(15)7-10(11)14/h3-4,7,9,18H,2,5-6H2,1H3,(H,16,19)(H,17,20). The van der Waals surface area contributed by atoms with E-state index in [1.165, 1.54) is 6.07 Å². The third-order valence-corrected chi connectivity index (χ3v) is 3.00. The first-order chi connectivity index (χ1) is 9.47. The molecular weight excluding hydrogens is 287 g/mol. The van der Waals surface area contributed by atoms with Gasteiger partial charge in [0, 0.05) is 12.6 Å². The lowest BCUT2D eigenvalue weighted by Gasteiger charge is -2.15. The SMILES string of the molecule is CCC(CCO)NC(=O)C(=O)Nc1ccc(F)cc1Cl. The largest absolute Gasteiger partial charge is 0.396 e. The van der Waals surface area contributed by atoms with E-state index in [1.54, 1.807) is 0 Å². The molecule has 0 aliphatic heterocycles. The summed E-state index contributed by atoms with van der Waals surface area (Å²) in [5.74, 6) is -2.26. The van der Waals surface area contributed by atoms with Gasteiger partial charge in [-0.25, -0.2) is 4.39 Å². The van der Waals surface area contributed by atoms with Crippen molar-refractivity contribution in [1.29, 1.82) is 0 Å². The number of rotatable bonds is 5. The Morgan fingerprint density at radius 3 is 2.65 bits per heavy atom. The van der Waals surface area contributed by atoms with Crippen molar-refractivity contribution in [1.82, 2.24) is 5.32 Å². The molecule has 1 aromatic carbocycles. The lowest BCUT2D eigenvalue weighted by atomic mass is 10.1. The van der Waals surface area contributed by atoms with Crippen LogP contribution in [-0.4, -0.2) is 29.6 Å². The number of carbonyl (C=O) groups is 2. The quantitative estimate of drug-likeness (QED) is 0.724. The molecule has 7 heteroatoms. The van der Waals surface area contributed by atoms with Crippen molar-refractivity contribution in [2.24, 2.45) is 0 Å². The molecule has 0 heterocycles. The highest BCUT2D eigenvalue weighted by Crippen LogP contribution is 2.22. The first-order valence-corrected chi connectivity index (χ1v) is 6.53. The van der Waals surface area contributed by atoms with Gasteiger partial charge < -0.3 is 15.7 Å². The summed E-state index contributed by atoms with van der Waals surface area (Å²) < 4.78 is 12.8. The topological polar surface area (TPSA) is 78.4 Å². The third kappa shape index (κ3) is 4.79. The number of aliphatic hydroxyl groups is 1. The smallest absolute Gasteiger partial charge is 0.313 e. The Bertz CT molecular complexity index is 497. The molecule has 0 aliphatic carbocycles. The highest BCUT2D eigenvalue weighted by molar-refractivity contribution is 6.41. The fourth-order valence-corrected chi connectivity index (χ4v) is 1.77. The van der Waals surface area contributed by atoms with E-state index < -0.39 is 17.6 Å². The molecule has 1 aromatic rings. The van der Waals surface area contributed by atoms with Gasteiger partial charge in [0.1, 0.15) is 5.82 Å². The summed E-state index contributed by atoms with van der Waals surface area (Å²) in [5, 5.41) is 13.6. The maximum atomic E-state index is 12.8. The molecule has 2 amide bonds. The summed E-state index contributed by atoms with van der Waals surface area (Å²) in [7, 11) is 0. The van der Waals surface area contributed by atoms with Gasteiger partial charge in [0.05, 0.1) is 10.7 Å². The number of aliphatic hydroxyl groups excluding tert-OH is 1. The molecule has 20 heavy (non-hydrogen) atoms. The van der Waals surface area contributed by atoms with Gasteiger partial charge in [-0.15, -0.1) is 0 Å². The molecule has 5 nitrogen and oxygen atoms in total. The number of hydrogen-bond donors (Lipinski definition) is 3. The van der Waals surface area contributed by atoms with Crippen molar-refractivity contribution in [3.8, 4) is 0 Å². The van der Waals surface area contributed by atoms with Gasteiger partial charge in [-0.05, 0) is 31.0 Å². The Morgan fingerprint density at radius 2 is 2.10 bits per heavy atom. The monoisotopic (exact) mass is 302 g/mol. The number of amides is 2. The molecule has 0 spiro atoms. The second-order valence-electron chi connectivity index (χ2n) is 4.17. The number of nitrogens with one attached hydrogen (secondary N) is 2. The molecule has 0 aromatic heterocycles. The van der Waals surface area contributed by atoms with Gasteiger partial charge in [-0.1, -0.05) is 18.5 Å². The predicted octanol–water partition coefficient (Wildman–Crippen LogP) is 1.69. The Kier molecular flexibility index (Phi) is 6.41. The van der Waals surface area contributed by atoms with Crippen LogP contribution >= 0.6 is 11.6 Å². The average Bonchev–Trinajstić information content (AvgIpc) is 2.41. The normalized spacial score (nSPS) is 11.8. The molecule has 3 N–H and O–H groups in total. The van der Waals surface area contributed by atoms with Crippen molar-refractivity contribution in [2.45, 2.75) is 25.8 Å². The van der Waals surface area contributed by atoms with Crippen molar-refractivity contribution in [3.05, 3.63) is 29.0 Å². The Labute approximate surface area is 121 Å². The molecule has 1 unspecified atom stereocenters. The van der Waals surface area contributed by atoms with E-state index in [2.05, 4.69) is 10.6 Å². The fraction of sp³-hybridized carbons (Fsp3) is 0.385. The second kappa shape index (κ2) is 7.81. The molecule has 0 fully saturated rings. The number of anilines is 1. The third-order valence-electron chi connectivity index (χ3n) is 2.69. The summed E-state index contributed by atoms with van der Waals surface area (Å²) in [6.45, 7) is 1.75. The van der Waals surface area contributed by atoms with E-state index in [4.69, 9.17) is 16.7 Å². The Hall–Kier alpha value is -1.66. The van der Waals surface area contributed by atoms with Gasteiger partial charge >= 0.3 is 11.8 Å². The molecule has 0 radical (unpaired) electrons. The first-order valence-electron chi connectivity index (χ1n) is 6.15. The highest BCUT2D eigenvalue weighted by Gasteiger charge is 2.18. The lowest BCUT2D eigenvalue weighted by molar-refractivity contribution is -0.136. The Balaban J connectivity index is 2.63. The van der Waals surface area contributed by atoms with Crippen LogP contribution in [0.2, 0.25) is 5.02 Å². The van der Waals surface area contributed by atoms with Crippen LogP contribution in [0.4, 0.5) is 10.1 Å².